The summed E-state index contributed by atoms with van der Waals surface area (Å²) in [5.41, 5.74) is 1.44. The van der Waals surface area contributed by atoms with E-state index in [4.69, 9.17) is 5.11 Å². The first-order valence-corrected chi connectivity index (χ1v) is 6.75. The zero-order valence-corrected chi connectivity index (χ0v) is 10.5. The van der Waals surface area contributed by atoms with E-state index in [2.05, 4.69) is 35.2 Å². The van der Waals surface area contributed by atoms with E-state index in [1.807, 2.05) is 0 Å². The zero-order valence-electron chi connectivity index (χ0n) is 10.5. The average molecular weight is 233 g/mol. The lowest BCUT2D eigenvalue weighted by molar-refractivity contribution is 0.160. The summed E-state index contributed by atoms with van der Waals surface area (Å²) in [5, 5.41) is 8.92. The molecule has 0 aliphatic carbocycles. The fourth-order valence-corrected chi connectivity index (χ4v) is 2.61. The van der Waals surface area contributed by atoms with Crippen molar-refractivity contribution < 1.29 is 5.11 Å². The van der Waals surface area contributed by atoms with E-state index in [9.17, 15) is 0 Å². The number of likely N-dealkylation sites (tertiary alicyclic amines) is 1. The van der Waals surface area contributed by atoms with Gasteiger partial charge in [-0.05, 0) is 50.3 Å². The van der Waals surface area contributed by atoms with E-state index < -0.39 is 0 Å². The van der Waals surface area contributed by atoms with Crippen LogP contribution in [0.25, 0.3) is 0 Å². The molecule has 2 rings (SSSR count). The van der Waals surface area contributed by atoms with Crippen molar-refractivity contribution in [2.45, 2.75) is 25.7 Å². The Hall–Kier alpha value is -0.860. The van der Waals surface area contributed by atoms with Gasteiger partial charge in [-0.3, -0.25) is 0 Å². The Morgan fingerprint density at radius 1 is 1.12 bits per heavy atom. The van der Waals surface area contributed by atoms with Crippen LogP contribution in [0.2, 0.25) is 0 Å². The van der Waals surface area contributed by atoms with E-state index >= 15 is 0 Å². The number of nitrogens with zero attached hydrogens (tertiary/aromatic N) is 1. The molecular weight excluding hydrogens is 210 g/mol. The molecule has 0 spiro atoms. The van der Waals surface area contributed by atoms with Crippen molar-refractivity contribution in [1.82, 2.24) is 4.90 Å². The highest BCUT2D eigenvalue weighted by Crippen LogP contribution is 2.20. The Labute approximate surface area is 104 Å². The molecule has 0 aromatic heterocycles. The van der Waals surface area contributed by atoms with E-state index in [0.717, 1.165) is 18.8 Å². The number of aliphatic hydroxyl groups excluding tert-OH is 1. The molecule has 0 radical (unpaired) electrons. The molecule has 0 atom stereocenters. The third kappa shape index (κ3) is 4.14. The minimum absolute atomic E-state index is 0.356. The Morgan fingerprint density at radius 3 is 2.47 bits per heavy atom. The van der Waals surface area contributed by atoms with E-state index in [1.165, 1.54) is 38.0 Å². The largest absolute Gasteiger partial charge is 0.396 e. The molecule has 1 saturated heterocycles. The summed E-state index contributed by atoms with van der Waals surface area (Å²) in [6.07, 6.45) is 4.67. The first-order valence-electron chi connectivity index (χ1n) is 6.75. The molecule has 0 bridgehead atoms. The van der Waals surface area contributed by atoms with Crippen LogP contribution >= 0.6 is 0 Å². The summed E-state index contributed by atoms with van der Waals surface area (Å²) in [6, 6.07) is 10.7. The molecular formula is C15H23NO. The van der Waals surface area contributed by atoms with Crippen LogP contribution in [-0.2, 0) is 6.42 Å². The molecule has 17 heavy (non-hydrogen) atoms. The predicted octanol–water partition coefficient (Wildman–Crippen LogP) is 2.32. The zero-order chi connectivity index (χ0) is 11.9. The monoisotopic (exact) mass is 233 g/mol. The lowest BCUT2D eigenvalue weighted by Crippen LogP contribution is -2.35. The fourth-order valence-electron chi connectivity index (χ4n) is 2.61. The van der Waals surface area contributed by atoms with E-state index in [-0.39, 0.29) is 0 Å². The van der Waals surface area contributed by atoms with Gasteiger partial charge in [-0.1, -0.05) is 30.3 Å². The molecule has 0 amide bonds. The number of hydrogen-bond acceptors (Lipinski definition) is 2. The minimum Gasteiger partial charge on any atom is -0.396 e. The van der Waals surface area contributed by atoms with Gasteiger partial charge in [0.05, 0.1) is 0 Å². The van der Waals surface area contributed by atoms with Gasteiger partial charge in [-0.25, -0.2) is 0 Å². The van der Waals surface area contributed by atoms with Crippen molar-refractivity contribution in [1.29, 1.82) is 0 Å². The summed E-state index contributed by atoms with van der Waals surface area (Å²) in [5.74, 6) is 0.757. The second-order valence-corrected chi connectivity index (χ2v) is 5.03. The van der Waals surface area contributed by atoms with Gasteiger partial charge in [0, 0.05) is 13.2 Å². The highest BCUT2D eigenvalue weighted by molar-refractivity contribution is 5.14. The Kier molecular flexibility index (Phi) is 5.02. The van der Waals surface area contributed by atoms with Gasteiger partial charge in [0.15, 0.2) is 0 Å². The number of aliphatic hydroxyl groups is 1. The van der Waals surface area contributed by atoms with Crippen LogP contribution in [0.5, 0.6) is 0 Å². The molecule has 0 saturated carbocycles. The number of hydrogen-bond donors (Lipinski definition) is 1. The lowest BCUT2D eigenvalue weighted by atomic mass is 9.94. The topological polar surface area (TPSA) is 23.5 Å². The maximum atomic E-state index is 8.92. The molecule has 2 nitrogen and oxygen atoms in total. The van der Waals surface area contributed by atoms with Crippen LogP contribution in [0.3, 0.4) is 0 Å². The van der Waals surface area contributed by atoms with Crippen LogP contribution in [0.15, 0.2) is 30.3 Å². The van der Waals surface area contributed by atoms with Crippen molar-refractivity contribution in [2.24, 2.45) is 5.92 Å². The smallest absolute Gasteiger partial charge is 0.0433 e. The average Bonchev–Trinajstić information content (AvgIpc) is 2.40. The number of rotatable bonds is 5. The molecule has 1 aromatic carbocycles. The minimum atomic E-state index is 0.356. The van der Waals surface area contributed by atoms with Crippen LogP contribution in [0.1, 0.15) is 24.8 Å². The number of piperidine rings is 1. The van der Waals surface area contributed by atoms with Crippen molar-refractivity contribution in [3.8, 4) is 0 Å². The predicted molar refractivity (Wildman–Crippen MR) is 71.0 cm³/mol. The van der Waals surface area contributed by atoms with Gasteiger partial charge in [-0.2, -0.15) is 0 Å². The molecule has 0 unspecified atom stereocenters. The fraction of sp³-hybridized carbons (Fsp3) is 0.600. The summed E-state index contributed by atoms with van der Waals surface area (Å²) in [7, 11) is 0. The van der Waals surface area contributed by atoms with Crippen LogP contribution in [0.4, 0.5) is 0 Å². The van der Waals surface area contributed by atoms with Crippen molar-refractivity contribution in [3.63, 3.8) is 0 Å². The highest BCUT2D eigenvalue weighted by Gasteiger charge is 2.18. The third-order valence-corrected chi connectivity index (χ3v) is 3.80. The normalized spacial score (nSPS) is 18.4. The van der Waals surface area contributed by atoms with Gasteiger partial charge < -0.3 is 10.0 Å². The Morgan fingerprint density at radius 2 is 1.82 bits per heavy atom. The summed E-state index contributed by atoms with van der Waals surface area (Å²) in [4.78, 5) is 2.56. The maximum absolute atomic E-state index is 8.92. The lowest BCUT2D eigenvalue weighted by Gasteiger charge is -2.31. The van der Waals surface area contributed by atoms with Gasteiger partial charge in [0.1, 0.15) is 0 Å². The van der Waals surface area contributed by atoms with Crippen molar-refractivity contribution >= 4 is 0 Å². The molecule has 1 aliphatic heterocycles. The molecule has 1 N–H and O–H groups in total. The molecule has 1 aliphatic rings. The SMILES string of the molecule is OCCC1CCN(CCc2ccccc2)CC1. The second kappa shape index (κ2) is 6.77. The second-order valence-electron chi connectivity index (χ2n) is 5.03. The van der Waals surface area contributed by atoms with Gasteiger partial charge in [0.2, 0.25) is 0 Å². The quantitative estimate of drug-likeness (QED) is 0.843. The standard InChI is InChI=1S/C15H23NO/c17-13-9-15-7-11-16(12-8-15)10-6-14-4-2-1-3-5-14/h1-5,15,17H,6-13H2. The third-order valence-electron chi connectivity index (χ3n) is 3.80. The first-order chi connectivity index (χ1) is 8.38. The van der Waals surface area contributed by atoms with Crippen molar-refractivity contribution in [2.75, 3.05) is 26.2 Å². The van der Waals surface area contributed by atoms with E-state index in [1.54, 1.807) is 0 Å². The molecule has 94 valence electrons. The number of benzene rings is 1. The Bertz CT molecular complexity index is 304. The molecule has 1 heterocycles. The summed E-state index contributed by atoms with van der Waals surface area (Å²) < 4.78 is 0. The Balaban J connectivity index is 1.68. The van der Waals surface area contributed by atoms with Gasteiger partial charge >= 0.3 is 0 Å². The van der Waals surface area contributed by atoms with Gasteiger partial charge in [0.25, 0.3) is 0 Å². The molecule has 1 aromatic rings. The van der Waals surface area contributed by atoms with E-state index in [0.29, 0.717) is 6.61 Å². The van der Waals surface area contributed by atoms with Crippen LogP contribution < -0.4 is 0 Å². The summed E-state index contributed by atoms with van der Waals surface area (Å²) >= 11 is 0. The van der Waals surface area contributed by atoms with Gasteiger partial charge in [-0.15, -0.1) is 0 Å². The van der Waals surface area contributed by atoms with Crippen LogP contribution in [-0.4, -0.2) is 36.2 Å². The van der Waals surface area contributed by atoms with Crippen molar-refractivity contribution in [3.05, 3.63) is 35.9 Å². The molecule has 2 heteroatoms. The molecule has 1 fully saturated rings. The van der Waals surface area contributed by atoms with Crippen LogP contribution in [0, 0.1) is 5.92 Å². The maximum Gasteiger partial charge on any atom is 0.0433 e. The first kappa shape index (κ1) is 12.6. The highest BCUT2D eigenvalue weighted by atomic mass is 16.3. The summed E-state index contributed by atoms with van der Waals surface area (Å²) in [6.45, 7) is 3.94.